The second-order valence-electron chi connectivity index (χ2n) is 16.7. The molecule has 5 aromatic rings. The Bertz CT molecular complexity index is 2680. The number of ether oxygens (including phenoxy) is 1. The average Bonchev–Trinajstić information content (AvgIpc) is 3.75. The van der Waals surface area contributed by atoms with Gasteiger partial charge in [-0.15, -0.1) is 0 Å². The first kappa shape index (κ1) is 45.3. The molecule has 3 aromatic carbocycles. The molecular formula is C47H52F2N8O7S. The van der Waals surface area contributed by atoms with Gasteiger partial charge in [0.25, 0.3) is 5.91 Å². The minimum atomic E-state index is -4.14. The van der Waals surface area contributed by atoms with E-state index < -0.39 is 50.9 Å². The Kier molecular flexibility index (Phi) is 13.6. The number of aromatic nitrogens is 2. The van der Waals surface area contributed by atoms with Gasteiger partial charge in [-0.1, -0.05) is 31.2 Å². The largest absolute Gasteiger partial charge is 0.481 e. The van der Waals surface area contributed by atoms with Gasteiger partial charge in [0.15, 0.2) is 11.9 Å². The number of carbonyl (C=O) groups excluding carboxylic acids is 4. The van der Waals surface area contributed by atoms with E-state index in [2.05, 4.69) is 41.9 Å². The van der Waals surface area contributed by atoms with E-state index >= 15 is 8.78 Å². The number of rotatable bonds is 15. The number of hydrogen-bond donors (Lipinski definition) is 3. The highest BCUT2D eigenvalue weighted by Crippen LogP contribution is 2.32. The molecule has 1 atom stereocenters. The maximum Gasteiger partial charge on any atom is 0.301 e. The molecule has 3 fully saturated rings. The van der Waals surface area contributed by atoms with E-state index in [1.165, 1.54) is 18.8 Å². The van der Waals surface area contributed by atoms with E-state index in [0.717, 1.165) is 66.6 Å². The van der Waals surface area contributed by atoms with Crippen molar-refractivity contribution in [2.45, 2.75) is 57.5 Å². The first-order valence-electron chi connectivity index (χ1n) is 22.0. The number of anilines is 2. The molecule has 0 radical (unpaired) electrons. The summed E-state index contributed by atoms with van der Waals surface area (Å²) in [4.78, 5) is 64.3. The van der Waals surface area contributed by atoms with Crippen molar-refractivity contribution in [2.24, 2.45) is 0 Å². The Labute approximate surface area is 376 Å². The fraction of sp³-hybridized carbons (Fsp3) is 0.383. The van der Waals surface area contributed by atoms with Gasteiger partial charge in [-0.2, -0.15) is 12.7 Å². The number of ketones is 1. The second-order valence-corrected chi connectivity index (χ2v) is 18.5. The van der Waals surface area contributed by atoms with Gasteiger partial charge in [0.05, 0.1) is 11.3 Å². The first-order valence-corrected chi connectivity index (χ1v) is 23.4. The van der Waals surface area contributed by atoms with Crippen molar-refractivity contribution in [2.75, 3.05) is 69.0 Å². The summed E-state index contributed by atoms with van der Waals surface area (Å²) in [7, 11) is -2.84. The van der Waals surface area contributed by atoms with Crippen LogP contribution in [0, 0.1) is 11.6 Å². The Balaban J connectivity index is 0.796. The van der Waals surface area contributed by atoms with E-state index in [1.54, 1.807) is 19.2 Å². The minimum Gasteiger partial charge on any atom is -0.481 e. The summed E-state index contributed by atoms with van der Waals surface area (Å²) in [6, 6.07) is 19.3. The fourth-order valence-electron chi connectivity index (χ4n) is 8.66. The van der Waals surface area contributed by atoms with Gasteiger partial charge in [0.2, 0.25) is 17.6 Å². The fourth-order valence-corrected chi connectivity index (χ4v) is 9.59. The number of likely N-dealkylation sites (tertiary alicyclic amines) is 1. The van der Waals surface area contributed by atoms with Crippen LogP contribution in [-0.2, 0) is 24.6 Å². The number of nitrogens with one attached hydrogen (secondary N) is 3. The maximum absolute atomic E-state index is 15.6. The lowest BCUT2D eigenvalue weighted by molar-refractivity contribution is -0.139. The number of piperidine rings is 2. The third kappa shape index (κ3) is 10.2. The van der Waals surface area contributed by atoms with Gasteiger partial charge in [-0.25, -0.2) is 13.8 Å². The van der Waals surface area contributed by atoms with Gasteiger partial charge < -0.3 is 24.4 Å². The zero-order valence-electron chi connectivity index (χ0n) is 36.3. The molecule has 5 heterocycles. The number of benzene rings is 3. The number of imide groups is 1. The molecular weight excluding hydrogens is 859 g/mol. The van der Waals surface area contributed by atoms with Crippen LogP contribution in [0.4, 0.5) is 20.2 Å². The van der Waals surface area contributed by atoms with Crippen LogP contribution in [0.2, 0.25) is 0 Å². The first-order chi connectivity index (χ1) is 31.3. The number of carbonyl (C=O) groups is 4. The zero-order valence-corrected chi connectivity index (χ0v) is 37.1. The van der Waals surface area contributed by atoms with E-state index in [0.29, 0.717) is 67.3 Å². The molecule has 0 spiro atoms. The van der Waals surface area contributed by atoms with Crippen molar-refractivity contribution in [3.05, 3.63) is 107 Å². The Morgan fingerprint density at radius 1 is 0.923 bits per heavy atom. The van der Waals surface area contributed by atoms with Crippen LogP contribution in [0.1, 0.15) is 72.9 Å². The summed E-state index contributed by atoms with van der Waals surface area (Å²) < 4.78 is 64.6. The van der Waals surface area contributed by atoms with Crippen LogP contribution in [0.25, 0.3) is 22.2 Å². The van der Waals surface area contributed by atoms with E-state index in [4.69, 9.17) is 4.74 Å². The van der Waals surface area contributed by atoms with Crippen molar-refractivity contribution in [1.82, 2.24) is 29.4 Å². The predicted octanol–water partition coefficient (Wildman–Crippen LogP) is 5.84. The summed E-state index contributed by atoms with van der Waals surface area (Å²) in [6.07, 6.45) is 6.34. The summed E-state index contributed by atoms with van der Waals surface area (Å²) in [5, 5.41) is 2.67. The number of H-pyrrole nitrogens is 1. The van der Waals surface area contributed by atoms with Crippen LogP contribution >= 0.6 is 0 Å². The van der Waals surface area contributed by atoms with E-state index in [-0.39, 0.29) is 30.3 Å². The van der Waals surface area contributed by atoms with Crippen LogP contribution in [0.5, 0.6) is 5.75 Å². The maximum atomic E-state index is 15.6. The molecule has 3 aliphatic heterocycles. The molecule has 0 saturated carbocycles. The molecule has 65 heavy (non-hydrogen) atoms. The van der Waals surface area contributed by atoms with Crippen LogP contribution in [0.15, 0.2) is 79.1 Å². The number of pyridine rings is 1. The number of halogens is 2. The standard InChI is InChI=1S/C47H52F2N8O7S/c1-3-54(2)65(62,63)53-39-15-14-38(48)43(44(39)49)45(60)37-29-51-46-36(37)27-33(28-50-46)31-6-10-34(11-7-31)56-23-25-57(26-24-56)42(59)5-4-20-55-21-18-32(19-22-55)30-8-12-35(13-9-30)64-40-16-17-41(58)52-47(40)61/h6-15,27-29,32,40,53H,3-5,16-26H2,1-2H3,(H,50,51)(H,52,58,61). The minimum absolute atomic E-state index is 0.0242. The van der Waals surface area contributed by atoms with Gasteiger partial charge in [-0.05, 0) is 98.4 Å². The topological polar surface area (TPSA) is 177 Å². The lowest BCUT2D eigenvalue weighted by atomic mass is 9.89. The second kappa shape index (κ2) is 19.5. The molecule has 18 heteroatoms. The Morgan fingerprint density at radius 3 is 2.34 bits per heavy atom. The number of hydrogen-bond acceptors (Lipinski definition) is 10. The lowest BCUT2D eigenvalue weighted by Crippen LogP contribution is -2.48. The SMILES string of the molecule is CCN(C)S(=O)(=O)Nc1ccc(F)c(C(=O)c2c[nH]c3ncc(-c4ccc(N5CCN(C(=O)CCCN6CCC(c7ccc(OC8CCC(=O)NC8=O)cc7)CC6)CC5)cc4)cc23)c1F. The highest BCUT2D eigenvalue weighted by atomic mass is 32.2. The Hall–Kier alpha value is -6.24. The van der Waals surface area contributed by atoms with Crippen molar-refractivity contribution in [1.29, 1.82) is 0 Å². The van der Waals surface area contributed by atoms with E-state index in [1.807, 2.05) is 41.3 Å². The molecule has 3 aliphatic rings. The normalized spacial score (nSPS) is 17.7. The number of fused-ring (bicyclic) bond motifs is 1. The molecule has 15 nitrogen and oxygen atoms in total. The monoisotopic (exact) mass is 910 g/mol. The predicted molar refractivity (Wildman–Crippen MR) is 242 cm³/mol. The lowest BCUT2D eigenvalue weighted by Gasteiger charge is -2.36. The van der Waals surface area contributed by atoms with Gasteiger partial charge in [-0.3, -0.25) is 29.2 Å². The third-order valence-corrected chi connectivity index (χ3v) is 14.2. The number of nitrogens with zero attached hydrogens (tertiary/aromatic N) is 5. The quantitative estimate of drug-likeness (QED) is 0.0855. The van der Waals surface area contributed by atoms with Crippen LogP contribution < -0.4 is 19.7 Å². The number of aromatic amines is 1. The molecule has 1 unspecified atom stereocenters. The third-order valence-electron chi connectivity index (χ3n) is 12.7. The van der Waals surface area contributed by atoms with Crippen molar-refractivity contribution >= 4 is 56.1 Å². The average molecular weight is 911 g/mol. The number of amides is 3. The Morgan fingerprint density at radius 2 is 1.65 bits per heavy atom. The summed E-state index contributed by atoms with van der Waals surface area (Å²) in [5.41, 5.74) is 2.60. The smallest absolute Gasteiger partial charge is 0.301 e. The summed E-state index contributed by atoms with van der Waals surface area (Å²) >= 11 is 0. The molecule has 0 bridgehead atoms. The molecule has 3 amide bonds. The molecule has 8 rings (SSSR count). The van der Waals surface area contributed by atoms with Gasteiger partial charge in [0, 0.05) is 93.6 Å². The molecule has 3 N–H and O–H groups in total. The summed E-state index contributed by atoms with van der Waals surface area (Å²) in [6.45, 7) is 7.15. The van der Waals surface area contributed by atoms with Crippen molar-refractivity contribution < 1.29 is 41.1 Å². The molecule has 342 valence electrons. The molecule has 2 aromatic heterocycles. The summed E-state index contributed by atoms with van der Waals surface area (Å²) in [5.74, 6) is -2.86. The van der Waals surface area contributed by atoms with Crippen LogP contribution in [-0.4, -0.2) is 122 Å². The van der Waals surface area contributed by atoms with Crippen molar-refractivity contribution in [3.8, 4) is 16.9 Å². The molecule has 0 aliphatic carbocycles. The highest BCUT2D eigenvalue weighted by molar-refractivity contribution is 7.90. The van der Waals surface area contributed by atoms with Crippen LogP contribution in [0.3, 0.4) is 0 Å². The zero-order chi connectivity index (χ0) is 45.8. The number of piperazine rings is 1. The highest BCUT2D eigenvalue weighted by Gasteiger charge is 2.30. The van der Waals surface area contributed by atoms with Gasteiger partial charge >= 0.3 is 10.2 Å². The van der Waals surface area contributed by atoms with E-state index in [9.17, 15) is 27.6 Å². The van der Waals surface area contributed by atoms with Gasteiger partial charge in [0.1, 0.15) is 17.2 Å². The molecule has 3 saturated heterocycles. The van der Waals surface area contributed by atoms with Crippen molar-refractivity contribution in [3.63, 3.8) is 0 Å².